The summed E-state index contributed by atoms with van der Waals surface area (Å²) < 4.78 is 5.29. The Morgan fingerprint density at radius 1 is 1.14 bits per heavy atom. The molecule has 150 valence electrons. The predicted molar refractivity (Wildman–Crippen MR) is 111 cm³/mol. The quantitative estimate of drug-likeness (QED) is 0.761. The Hall–Kier alpha value is -2.82. The van der Waals surface area contributed by atoms with E-state index in [4.69, 9.17) is 4.74 Å². The van der Waals surface area contributed by atoms with Gasteiger partial charge in [0, 0.05) is 13.1 Å². The van der Waals surface area contributed by atoms with Gasteiger partial charge >= 0.3 is 0 Å². The van der Waals surface area contributed by atoms with Gasteiger partial charge in [-0.3, -0.25) is 9.59 Å². The summed E-state index contributed by atoms with van der Waals surface area (Å²) in [6.45, 7) is 8.53. The monoisotopic (exact) mass is 382 g/mol. The molecule has 0 aliphatic heterocycles. The lowest BCUT2D eigenvalue weighted by Crippen LogP contribution is -2.48. The standard InChI is InChI=1S/C23H30N2O3/c1-6-24-23(27)18(4)25(15-19-8-7-9-21(13-19)28-5)22(26)14-20-12-16(2)10-11-17(20)3/h7-13,18H,6,14-15H2,1-5H3,(H,24,27). The Kier molecular flexibility index (Phi) is 7.61. The zero-order chi connectivity index (χ0) is 20.7. The van der Waals surface area contributed by atoms with E-state index < -0.39 is 6.04 Å². The van der Waals surface area contributed by atoms with Crippen LogP contribution in [0.5, 0.6) is 5.75 Å². The fraction of sp³-hybridized carbons (Fsp3) is 0.391. The van der Waals surface area contributed by atoms with Crippen LogP contribution in [0.3, 0.4) is 0 Å². The highest BCUT2D eigenvalue weighted by Crippen LogP contribution is 2.18. The molecule has 0 spiro atoms. The van der Waals surface area contributed by atoms with Crippen LogP contribution in [0.1, 0.15) is 36.1 Å². The number of carbonyl (C=O) groups excluding carboxylic acids is 2. The highest BCUT2D eigenvalue weighted by atomic mass is 16.5. The first-order valence-corrected chi connectivity index (χ1v) is 9.62. The zero-order valence-corrected chi connectivity index (χ0v) is 17.4. The Labute approximate surface area is 167 Å². The Bertz CT molecular complexity index is 832. The van der Waals surface area contributed by atoms with Crippen molar-refractivity contribution in [3.8, 4) is 5.75 Å². The van der Waals surface area contributed by atoms with Crippen LogP contribution in [0, 0.1) is 13.8 Å². The fourth-order valence-electron chi connectivity index (χ4n) is 3.13. The molecule has 2 rings (SSSR count). The molecule has 0 bridgehead atoms. The molecule has 0 fully saturated rings. The molecule has 0 saturated heterocycles. The van der Waals surface area contributed by atoms with Gasteiger partial charge in [0.15, 0.2) is 0 Å². The molecule has 0 radical (unpaired) electrons. The number of amides is 2. The molecule has 1 N–H and O–H groups in total. The second-order valence-electron chi connectivity index (χ2n) is 7.05. The number of carbonyl (C=O) groups is 2. The summed E-state index contributed by atoms with van der Waals surface area (Å²) in [7, 11) is 1.61. The third-order valence-corrected chi connectivity index (χ3v) is 4.85. The fourth-order valence-corrected chi connectivity index (χ4v) is 3.13. The molecule has 28 heavy (non-hydrogen) atoms. The average Bonchev–Trinajstić information content (AvgIpc) is 2.68. The summed E-state index contributed by atoms with van der Waals surface area (Å²) in [5.41, 5.74) is 4.10. The molecule has 5 heteroatoms. The molecule has 2 aromatic carbocycles. The van der Waals surface area contributed by atoms with E-state index in [1.807, 2.05) is 63.2 Å². The maximum Gasteiger partial charge on any atom is 0.242 e. The highest BCUT2D eigenvalue weighted by molar-refractivity contribution is 5.88. The second kappa shape index (κ2) is 9.93. The number of benzene rings is 2. The molecule has 0 saturated carbocycles. The van der Waals surface area contributed by atoms with Gasteiger partial charge < -0.3 is 15.0 Å². The van der Waals surface area contributed by atoms with E-state index in [2.05, 4.69) is 5.32 Å². The van der Waals surface area contributed by atoms with E-state index in [-0.39, 0.29) is 18.2 Å². The first-order valence-electron chi connectivity index (χ1n) is 9.62. The summed E-state index contributed by atoms with van der Waals surface area (Å²) in [5.74, 6) is 0.500. The maximum absolute atomic E-state index is 13.2. The summed E-state index contributed by atoms with van der Waals surface area (Å²) in [6, 6.07) is 13.1. The van der Waals surface area contributed by atoms with Crippen molar-refractivity contribution in [1.29, 1.82) is 0 Å². The van der Waals surface area contributed by atoms with Gasteiger partial charge in [0.05, 0.1) is 13.5 Å². The van der Waals surface area contributed by atoms with Gasteiger partial charge in [0.25, 0.3) is 0 Å². The summed E-state index contributed by atoms with van der Waals surface area (Å²) in [4.78, 5) is 27.3. The number of aryl methyl sites for hydroxylation is 2. The van der Waals surface area contributed by atoms with E-state index in [1.54, 1.807) is 18.9 Å². The van der Waals surface area contributed by atoms with Crippen LogP contribution in [0.2, 0.25) is 0 Å². The lowest BCUT2D eigenvalue weighted by Gasteiger charge is -2.29. The highest BCUT2D eigenvalue weighted by Gasteiger charge is 2.26. The van der Waals surface area contributed by atoms with Crippen LogP contribution in [0.15, 0.2) is 42.5 Å². The summed E-state index contributed by atoms with van der Waals surface area (Å²) >= 11 is 0. The molecular weight excluding hydrogens is 352 g/mol. The molecule has 0 aromatic heterocycles. The third kappa shape index (κ3) is 5.59. The van der Waals surface area contributed by atoms with Crippen LogP contribution in [0.25, 0.3) is 0 Å². The average molecular weight is 383 g/mol. The Balaban J connectivity index is 2.29. The van der Waals surface area contributed by atoms with Crippen molar-refractivity contribution >= 4 is 11.8 Å². The van der Waals surface area contributed by atoms with Crippen LogP contribution in [-0.4, -0.2) is 36.4 Å². The summed E-state index contributed by atoms with van der Waals surface area (Å²) in [5, 5.41) is 2.82. The van der Waals surface area contributed by atoms with Crippen molar-refractivity contribution < 1.29 is 14.3 Å². The molecule has 0 heterocycles. The minimum absolute atomic E-state index is 0.0738. The predicted octanol–water partition coefficient (Wildman–Crippen LogP) is 3.41. The van der Waals surface area contributed by atoms with E-state index in [9.17, 15) is 9.59 Å². The first kappa shape index (κ1) is 21.5. The van der Waals surface area contributed by atoms with Crippen molar-refractivity contribution in [2.45, 2.75) is 46.7 Å². The number of likely N-dealkylation sites (N-methyl/N-ethyl adjacent to an activating group) is 1. The molecule has 0 aliphatic rings. The van der Waals surface area contributed by atoms with Crippen molar-refractivity contribution in [3.05, 3.63) is 64.7 Å². The SMILES string of the molecule is CCNC(=O)C(C)N(Cc1cccc(OC)c1)C(=O)Cc1cc(C)ccc1C. The van der Waals surface area contributed by atoms with Crippen molar-refractivity contribution in [3.63, 3.8) is 0 Å². The minimum atomic E-state index is -0.566. The molecule has 0 aliphatic carbocycles. The van der Waals surface area contributed by atoms with E-state index in [0.717, 1.165) is 28.0 Å². The van der Waals surface area contributed by atoms with E-state index >= 15 is 0 Å². The van der Waals surface area contributed by atoms with Crippen LogP contribution in [-0.2, 0) is 22.6 Å². The molecule has 5 nitrogen and oxygen atoms in total. The van der Waals surface area contributed by atoms with E-state index in [1.165, 1.54) is 0 Å². The first-order chi connectivity index (χ1) is 13.3. The normalized spacial score (nSPS) is 11.6. The van der Waals surface area contributed by atoms with Gasteiger partial charge in [-0.15, -0.1) is 0 Å². The van der Waals surface area contributed by atoms with Gasteiger partial charge in [-0.25, -0.2) is 0 Å². The second-order valence-corrected chi connectivity index (χ2v) is 7.05. The lowest BCUT2D eigenvalue weighted by atomic mass is 10.0. The number of methoxy groups -OCH3 is 1. The molecule has 2 aromatic rings. The molecule has 1 unspecified atom stereocenters. The zero-order valence-electron chi connectivity index (χ0n) is 17.4. The van der Waals surface area contributed by atoms with Crippen molar-refractivity contribution in [2.75, 3.05) is 13.7 Å². The number of rotatable bonds is 8. The van der Waals surface area contributed by atoms with Crippen LogP contribution < -0.4 is 10.1 Å². The third-order valence-electron chi connectivity index (χ3n) is 4.85. The number of nitrogens with zero attached hydrogens (tertiary/aromatic N) is 1. The number of hydrogen-bond donors (Lipinski definition) is 1. The van der Waals surface area contributed by atoms with Gasteiger partial charge in [-0.2, -0.15) is 0 Å². The number of hydrogen-bond acceptors (Lipinski definition) is 3. The Morgan fingerprint density at radius 3 is 2.57 bits per heavy atom. The lowest BCUT2D eigenvalue weighted by molar-refractivity contribution is -0.140. The smallest absolute Gasteiger partial charge is 0.242 e. The van der Waals surface area contributed by atoms with Crippen molar-refractivity contribution in [2.24, 2.45) is 0 Å². The van der Waals surface area contributed by atoms with Gasteiger partial charge in [-0.05, 0) is 56.5 Å². The largest absolute Gasteiger partial charge is 0.497 e. The van der Waals surface area contributed by atoms with Gasteiger partial charge in [-0.1, -0.05) is 35.9 Å². The van der Waals surface area contributed by atoms with Gasteiger partial charge in [0.2, 0.25) is 11.8 Å². The van der Waals surface area contributed by atoms with Crippen LogP contribution in [0.4, 0.5) is 0 Å². The molecule has 1 atom stereocenters. The summed E-state index contributed by atoms with van der Waals surface area (Å²) in [6.07, 6.45) is 0.265. The van der Waals surface area contributed by atoms with Crippen LogP contribution >= 0.6 is 0 Å². The topological polar surface area (TPSA) is 58.6 Å². The maximum atomic E-state index is 13.2. The number of nitrogens with one attached hydrogen (secondary N) is 1. The Morgan fingerprint density at radius 2 is 1.89 bits per heavy atom. The minimum Gasteiger partial charge on any atom is -0.497 e. The van der Waals surface area contributed by atoms with Gasteiger partial charge in [0.1, 0.15) is 11.8 Å². The molecular formula is C23H30N2O3. The number of ether oxygens (including phenoxy) is 1. The van der Waals surface area contributed by atoms with Crippen molar-refractivity contribution in [1.82, 2.24) is 10.2 Å². The van der Waals surface area contributed by atoms with E-state index in [0.29, 0.717) is 13.1 Å². The molecule has 2 amide bonds.